The summed E-state index contributed by atoms with van der Waals surface area (Å²) in [5.74, 6) is 0.142. The SMILES string of the molecule is CC(C)C(=O)N(Cc1ccc(N(C)C)cc1)[C@H]1CCS(=O)(=O)C1. The molecule has 0 radical (unpaired) electrons. The lowest BCUT2D eigenvalue weighted by molar-refractivity contribution is -0.137. The number of carbonyl (C=O) groups is 1. The zero-order chi connectivity index (χ0) is 17.2. The first-order valence-corrected chi connectivity index (χ1v) is 9.79. The van der Waals surface area contributed by atoms with E-state index in [9.17, 15) is 13.2 Å². The van der Waals surface area contributed by atoms with Gasteiger partial charge >= 0.3 is 0 Å². The summed E-state index contributed by atoms with van der Waals surface area (Å²) < 4.78 is 23.5. The summed E-state index contributed by atoms with van der Waals surface area (Å²) in [7, 11) is 0.948. The molecule has 2 rings (SSSR count). The number of carbonyl (C=O) groups excluding carboxylic acids is 1. The molecular weight excluding hydrogens is 312 g/mol. The number of nitrogens with zero attached hydrogens (tertiary/aromatic N) is 2. The Labute approximate surface area is 139 Å². The van der Waals surface area contributed by atoms with Gasteiger partial charge in [-0.05, 0) is 24.1 Å². The quantitative estimate of drug-likeness (QED) is 0.823. The van der Waals surface area contributed by atoms with Gasteiger partial charge in [-0.3, -0.25) is 4.79 Å². The molecule has 1 aliphatic rings. The van der Waals surface area contributed by atoms with E-state index in [1.54, 1.807) is 4.90 Å². The van der Waals surface area contributed by atoms with Crippen molar-refractivity contribution in [1.29, 1.82) is 0 Å². The molecule has 1 amide bonds. The van der Waals surface area contributed by atoms with Crippen LogP contribution in [-0.2, 0) is 21.2 Å². The molecule has 23 heavy (non-hydrogen) atoms. The maximum absolute atomic E-state index is 12.5. The van der Waals surface area contributed by atoms with Crippen molar-refractivity contribution in [3.8, 4) is 0 Å². The zero-order valence-electron chi connectivity index (χ0n) is 14.3. The van der Waals surface area contributed by atoms with Crippen LogP contribution in [0.3, 0.4) is 0 Å². The van der Waals surface area contributed by atoms with Gasteiger partial charge in [0.15, 0.2) is 9.84 Å². The molecule has 0 unspecified atom stereocenters. The van der Waals surface area contributed by atoms with Crippen molar-refractivity contribution in [3.63, 3.8) is 0 Å². The summed E-state index contributed by atoms with van der Waals surface area (Å²) >= 11 is 0. The average molecular weight is 338 g/mol. The van der Waals surface area contributed by atoms with E-state index in [4.69, 9.17) is 0 Å². The van der Waals surface area contributed by atoms with Gasteiger partial charge in [-0.25, -0.2) is 8.42 Å². The molecule has 1 saturated heterocycles. The number of benzene rings is 1. The fourth-order valence-electron chi connectivity index (χ4n) is 2.84. The minimum Gasteiger partial charge on any atom is -0.378 e. The second kappa shape index (κ2) is 6.91. The van der Waals surface area contributed by atoms with Crippen molar-refractivity contribution in [1.82, 2.24) is 4.90 Å². The van der Waals surface area contributed by atoms with Gasteiger partial charge in [-0.1, -0.05) is 26.0 Å². The summed E-state index contributed by atoms with van der Waals surface area (Å²) in [4.78, 5) is 16.3. The predicted molar refractivity (Wildman–Crippen MR) is 93.2 cm³/mol. The van der Waals surface area contributed by atoms with Gasteiger partial charge in [0.05, 0.1) is 11.5 Å². The molecule has 0 spiro atoms. The van der Waals surface area contributed by atoms with Crippen LogP contribution in [0.5, 0.6) is 0 Å². The number of hydrogen-bond acceptors (Lipinski definition) is 4. The number of amides is 1. The van der Waals surface area contributed by atoms with E-state index in [1.807, 2.05) is 57.1 Å². The third-order valence-electron chi connectivity index (χ3n) is 4.23. The maximum atomic E-state index is 12.5. The highest BCUT2D eigenvalue weighted by atomic mass is 32.2. The highest BCUT2D eigenvalue weighted by Gasteiger charge is 2.35. The number of anilines is 1. The Bertz CT molecular complexity index is 651. The molecule has 128 valence electrons. The smallest absolute Gasteiger partial charge is 0.225 e. The van der Waals surface area contributed by atoms with Gasteiger partial charge in [0, 0.05) is 38.3 Å². The van der Waals surface area contributed by atoms with Crippen LogP contribution >= 0.6 is 0 Å². The third-order valence-corrected chi connectivity index (χ3v) is 5.98. The molecule has 0 N–H and O–H groups in total. The van der Waals surface area contributed by atoms with Crippen LogP contribution in [0.1, 0.15) is 25.8 Å². The minimum atomic E-state index is -3.01. The van der Waals surface area contributed by atoms with Gasteiger partial charge in [0.1, 0.15) is 0 Å². The van der Waals surface area contributed by atoms with Crippen LogP contribution in [0.15, 0.2) is 24.3 Å². The molecule has 0 bridgehead atoms. The summed E-state index contributed by atoms with van der Waals surface area (Å²) in [6.45, 7) is 4.17. The van der Waals surface area contributed by atoms with Crippen molar-refractivity contribution in [2.75, 3.05) is 30.5 Å². The molecule has 1 aromatic carbocycles. The lowest BCUT2D eigenvalue weighted by Gasteiger charge is -2.30. The van der Waals surface area contributed by atoms with Crippen molar-refractivity contribution in [3.05, 3.63) is 29.8 Å². The van der Waals surface area contributed by atoms with Crippen molar-refractivity contribution >= 4 is 21.4 Å². The first kappa shape index (κ1) is 17.8. The van der Waals surface area contributed by atoms with Crippen molar-refractivity contribution in [2.45, 2.75) is 32.9 Å². The monoisotopic (exact) mass is 338 g/mol. The van der Waals surface area contributed by atoms with E-state index in [-0.39, 0.29) is 29.4 Å². The second-order valence-corrected chi connectivity index (χ2v) is 8.97. The van der Waals surface area contributed by atoms with Crippen LogP contribution in [0.25, 0.3) is 0 Å². The normalized spacial score (nSPS) is 19.8. The molecule has 1 heterocycles. The Hall–Kier alpha value is -1.56. The molecule has 0 aliphatic carbocycles. The standard InChI is InChI=1S/C17H26N2O3S/c1-13(2)17(20)19(16-9-10-23(21,22)12-16)11-14-5-7-15(8-6-14)18(3)4/h5-8,13,16H,9-12H2,1-4H3/t16-/m0/s1. The third kappa shape index (κ3) is 4.47. The number of hydrogen-bond donors (Lipinski definition) is 0. The lowest BCUT2D eigenvalue weighted by atomic mass is 10.1. The Balaban J connectivity index is 2.19. The first-order valence-electron chi connectivity index (χ1n) is 7.97. The lowest BCUT2D eigenvalue weighted by Crippen LogP contribution is -2.42. The molecule has 5 nitrogen and oxygen atoms in total. The van der Waals surface area contributed by atoms with Crippen LogP contribution in [0.2, 0.25) is 0 Å². The van der Waals surface area contributed by atoms with Crippen LogP contribution in [-0.4, -0.2) is 50.9 Å². The molecule has 1 fully saturated rings. The minimum absolute atomic E-state index is 0.0174. The van der Waals surface area contributed by atoms with Gasteiger partial charge < -0.3 is 9.80 Å². The van der Waals surface area contributed by atoms with Crippen molar-refractivity contribution in [2.24, 2.45) is 5.92 Å². The van der Waals surface area contributed by atoms with E-state index in [0.29, 0.717) is 13.0 Å². The van der Waals surface area contributed by atoms with Gasteiger partial charge in [-0.2, -0.15) is 0 Å². The number of sulfone groups is 1. The highest BCUT2D eigenvalue weighted by molar-refractivity contribution is 7.91. The van der Waals surface area contributed by atoms with Crippen molar-refractivity contribution < 1.29 is 13.2 Å². The fraction of sp³-hybridized carbons (Fsp3) is 0.588. The Morgan fingerprint density at radius 3 is 2.26 bits per heavy atom. The van der Waals surface area contributed by atoms with Gasteiger partial charge in [-0.15, -0.1) is 0 Å². The van der Waals surface area contributed by atoms with Crippen LogP contribution in [0, 0.1) is 5.92 Å². The Morgan fingerprint density at radius 1 is 1.22 bits per heavy atom. The average Bonchev–Trinajstić information content (AvgIpc) is 2.84. The summed E-state index contributed by atoms with van der Waals surface area (Å²) in [5, 5.41) is 0. The fourth-order valence-corrected chi connectivity index (χ4v) is 4.57. The highest BCUT2D eigenvalue weighted by Crippen LogP contribution is 2.23. The van der Waals surface area contributed by atoms with Gasteiger partial charge in [0.25, 0.3) is 0 Å². The molecule has 6 heteroatoms. The molecule has 0 aromatic heterocycles. The molecule has 1 atom stereocenters. The largest absolute Gasteiger partial charge is 0.378 e. The van der Waals surface area contributed by atoms with Gasteiger partial charge in [0.2, 0.25) is 5.91 Å². The summed E-state index contributed by atoms with van der Waals surface area (Å²) in [5.41, 5.74) is 2.12. The van der Waals surface area contributed by atoms with E-state index in [0.717, 1.165) is 11.3 Å². The molecule has 1 aromatic rings. The molecular formula is C17H26N2O3S. The van der Waals surface area contributed by atoms with Crippen LogP contribution < -0.4 is 4.90 Å². The molecule has 0 saturated carbocycles. The van der Waals surface area contributed by atoms with Crippen LogP contribution in [0.4, 0.5) is 5.69 Å². The Morgan fingerprint density at radius 2 is 1.83 bits per heavy atom. The second-order valence-electron chi connectivity index (χ2n) is 6.74. The predicted octanol–water partition coefficient (Wildman–Crippen LogP) is 1.92. The van der Waals surface area contributed by atoms with E-state index < -0.39 is 9.84 Å². The van der Waals surface area contributed by atoms with E-state index in [2.05, 4.69) is 0 Å². The van der Waals surface area contributed by atoms with E-state index in [1.165, 1.54) is 0 Å². The zero-order valence-corrected chi connectivity index (χ0v) is 15.1. The Kier molecular flexibility index (Phi) is 5.34. The number of rotatable bonds is 5. The molecule has 1 aliphatic heterocycles. The maximum Gasteiger partial charge on any atom is 0.225 e. The summed E-state index contributed by atoms with van der Waals surface area (Å²) in [6, 6.07) is 7.82. The first-order chi connectivity index (χ1) is 10.7. The van der Waals surface area contributed by atoms with E-state index >= 15 is 0 Å². The summed E-state index contributed by atoms with van der Waals surface area (Å²) in [6.07, 6.45) is 0.538. The topological polar surface area (TPSA) is 57.7 Å².